The van der Waals surface area contributed by atoms with Crippen molar-refractivity contribution in [3.8, 4) is 5.75 Å². The number of carboxylic acids is 1. The number of carbonyl (C=O) groups excluding carboxylic acids is 2. The zero-order valence-corrected chi connectivity index (χ0v) is 22.8. The van der Waals surface area contributed by atoms with Crippen LogP contribution in [-0.2, 0) is 9.59 Å². The molecule has 2 amide bonds. The molecule has 1 aromatic rings. The number of aryl methyl sites for hydroxylation is 1. The lowest BCUT2D eigenvalue weighted by molar-refractivity contribution is -0.150. The van der Waals surface area contributed by atoms with E-state index in [1.54, 1.807) is 13.8 Å². The summed E-state index contributed by atoms with van der Waals surface area (Å²) in [6.45, 7) is 6.33. The molecule has 0 heterocycles. The molecule has 7 nitrogen and oxygen atoms in total. The number of aliphatic carboxylic acids is 1. The molecule has 0 saturated heterocycles. The predicted molar refractivity (Wildman–Crippen MR) is 140 cm³/mol. The van der Waals surface area contributed by atoms with Gasteiger partial charge in [-0.05, 0) is 107 Å². The normalized spacial score (nSPS) is 33.3. The molecule has 4 aliphatic carbocycles. The van der Waals surface area contributed by atoms with Crippen molar-refractivity contribution in [3.05, 3.63) is 29.1 Å². The lowest BCUT2D eigenvalue weighted by Crippen LogP contribution is -2.51. The van der Waals surface area contributed by atoms with E-state index in [0.717, 1.165) is 32.1 Å². The average molecular weight is 529 g/mol. The van der Waals surface area contributed by atoms with E-state index >= 15 is 0 Å². The highest BCUT2D eigenvalue weighted by Gasteiger charge is 2.51. The lowest BCUT2D eigenvalue weighted by atomic mass is 9.70. The SMILES string of the molecule is Cc1cc(F)c(OC2CCC(C)(C(=O)O)CC2)cc1C(=O)N[C@@H]1[C@H]2CC[C@H](C2)[C@@H]1C(=O)NCC1(C)CCC1. The molecule has 0 aromatic heterocycles. The fourth-order valence-corrected chi connectivity index (χ4v) is 7.21. The van der Waals surface area contributed by atoms with E-state index in [1.165, 1.54) is 18.6 Å². The summed E-state index contributed by atoms with van der Waals surface area (Å²) >= 11 is 0. The molecule has 4 aliphatic rings. The van der Waals surface area contributed by atoms with Gasteiger partial charge in [0.05, 0.1) is 17.4 Å². The van der Waals surface area contributed by atoms with Crippen LogP contribution in [0.15, 0.2) is 12.1 Å². The minimum Gasteiger partial charge on any atom is -0.487 e. The van der Waals surface area contributed by atoms with E-state index in [-0.39, 0.29) is 52.9 Å². The van der Waals surface area contributed by atoms with Crippen LogP contribution in [0, 0.1) is 41.3 Å². The van der Waals surface area contributed by atoms with E-state index in [2.05, 4.69) is 17.6 Å². The van der Waals surface area contributed by atoms with Crippen molar-refractivity contribution in [2.24, 2.45) is 28.6 Å². The third kappa shape index (κ3) is 5.15. The second-order valence-electron chi connectivity index (χ2n) is 13.0. The first-order chi connectivity index (χ1) is 18.0. The van der Waals surface area contributed by atoms with Crippen molar-refractivity contribution in [1.29, 1.82) is 0 Å². The molecule has 0 spiro atoms. The second kappa shape index (κ2) is 10.2. The first-order valence-corrected chi connectivity index (χ1v) is 14.3. The molecule has 4 atom stereocenters. The highest BCUT2D eigenvalue weighted by Crippen LogP contribution is 2.49. The van der Waals surface area contributed by atoms with Gasteiger partial charge in [0.25, 0.3) is 5.91 Å². The highest BCUT2D eigenvalue weighted by atomic mass is 19.1. The van der Waals surface area contributed by atoms with E-state index in [0.29, 0.717) is 43.4 Å². The fourth-order valence-electron chi connectivity index (χ4n) is 7.21. The standard InChI is InChI=1S/C30H41FN2O5/c1-17-13-22(31)23(38-20-7-11-30(3,12-8-20)28(36)37)15-21(17)26(34)33-25-19-6-5-18(14-19)24(25)27(35)32-16-29(2)9-4-10-29/h13,15,18-20,24-25H,4-12,14,16H2,1-3H3,(H,32,35)(H,33,34)(H,36,37)/t18-,19+,20?,24+,25-,30?/m1/s1. The predicted octanol–water partition coefficient (Wildman–Crippen LogP) is 5.00. The number of ether oxygens (including phenoxy) is 1. The van der Waals surface area contributed by atoms with Gasteiger partial charge < -0.3 is 20.5 Å². The maximum absolute atomic E-state index is 14.8. The van der Waals surface area contributed by atoms with Crippen molar-refractivity contribution >= 4 is 17.8 Å². The number of hydrogen-bond donors (Lipinski definition) is 3. The summed E-state index contributed by atoms with van der Waals surface area (Å²) in [5, 5.41) is 15.8. The van der Waals surface area contributed by atoms with Gasteiger partial charge in [-0.1, -0.05) is 13.3 Å². The molecule has 3 N–H and O–H groups in total. The topological polar surface area (TPSA) is 105 Å². The molecule has 8 heteroatoms. The van der Waals surface area contributed by atoms with Gasteiger partial charge in [-0.15, -0.1) is 0 Å². The van der Waals surface area contributed by atoms with Crippen LogP contribution in [0.2, 0.25) is 0 Å². The van der Waals surface area contributed by atoms with Crippen LogP contribution in [-0.4, -0.2) is 41.6 Å². The first-order valence-electron chi connectivity index (χ1n) is 14.3. The Labute approximate surface area is 224 Å². The van der Waals surface area contributed by atoms with Crippen LogP contribution in [0.5, 0.6) is 5.75 Å². The van der Waals surface area contributed by atoms with Crippen molar-refractivity contribution in [1.82, 2.24) is 10.6 Å². The lowest BCUT2D eigenvalue weighted by Gasteiger charge is -2.39. The molecular formula is C30H41FN2O5. The first kappa shape index (κ1) is 26.9. The van der Waals surface area contributed by atoms with Crippen LogP contribution >= 0.6 is 0 Å². The maximum Gasteiger partial charge on any atom is 0.309 e. The largest absolute Gasteiger partial charge is 0.487 e. The summed E-state index contributed by atoms with van der Waals surface area (Å²) in [4.78, 5) is 38.3. The molecule has 0 aliphatic heterocycles. The fraction of sp³-hybridized carbons (Fsp3) is 0.700. The van der Waals surface area contributed by atoms with E-state index in [9.17, 15) is 23.9 Å². The Morgan fingerprint density at radius 2 is 1.74 bits per heavy atom. The van der Waals surface area contributed by atoms with Gasteiger partial charge in [0.1, 0.15) is 0 Å². The number of rotatable bonds is 8. The van der Waals surface area contributed by atoms with Crippen LogP contribution in [0.4, 0.5) is 4.39 Å². The number of halogens is 1. The van der Waals surface area contributed by atoms with E-state index < -0.39 is 17.2 Å². The van der Waals surface area contributed by atoms with Gasteiger partial charge in [0.15, 0.2) is 11.6 Å². The third-order valence-electron chi connectivity index (χ3n) is 10.1. The zero-order chi connectivity index (χ0) is 27.2. The Balaban J connectivity index is 1.26. The summed E-state index contributed by atoms with van der Waals surface area (Å²) in [6, 6.07) is 2.56. The van der Waals surface area contributed by atoms with Crippen LogP contribution in [0.1, 0.15) is 94.0 Å². The number of carbonyl (C=O) groups is 3. The minimum absolute atomic E-state index is 0.0145. The minimum atomic E-state index is -0.818. The summed E-state index contributed by atoms with van der Waals surface area (Å²) in [6.07, 6.45) is 8.10. The molecular weight excluding hydrogens is 487 g/mol. The number of benzene rings is 1. The van der Waals surface area contributed by atoms with Crippen LogP contribution in [0.3, 0.4) is 0 Å². The van der Waals surface area contributed by atoms with Gasteiger partial charge in [-0.3, -0.25) is 14.4 Å². The van der Waals surface area contributed by atoms with Gasteiger partial charge >= 0.3 is 5.97 Å². The Bertz CT molecular complexity index is 1110. The van der Waals surface area contributed by atoms with Gasteiger partial charge in [-0.2, -0.15) is 0 Å². The monoisotopic (exact) mass is 528 g/mol. The van der Waals surface area contributed by atoms with E-state index in [4.69, 9.17) is 4.74 Å². The van der Waals surface area contributed by atoms with Crippen molar-refractivity contribution in [2.45, 2.75) is 97.1 Å². The van der Waals surface area contributed by atoms with Crippen LogP contribution in [0.25, 0.3) is 0 Å². The molecule has 4 fully saturated rings. The Hall–Kier alpha value is -2.64. The molecule has 38 heavy (non-hydrogen) atoms. The smallest absolute Gasteiger partial charge is 0.309 e. The number of hydrogen-bond acceptors (Lipinski definition) is 4. The average Bonchev–Trinajstić information content (AvgIpc) is 3.46. The second-order valence-corrected chi connectivity index (χ2v) is 13.0. The molecule has 0 radical (unpaired) electrons. The summed E-state index contributed by atoms with van der Waals surface area (Å²) in [7, 11) is 0. The third-order valence-corrected chi connectivity index (χ3v) is 10.1. The Morgan fingerprint density at radius 3 is 2.37 bits per heavy atom. The van der Waals surface area contributed by atoms with Gasteiger partial charge in [-0.25, -0.2) is 4.39 Å². The summed E-state index contributed by atoms with van der Waals surface area (Å²) in [5.41, 5.74) is 0.265. The van der Waals surface area contributed by atoms with E-state index in [1.807, 2.05) is 0 Å². The highest BCUT2D eigenvalue weighted by molar-refractivity contribution is 5.96. The molecule has 4 saturated carbocycles. The van der Waals surface area contributed by atoms with Crippen molar-refractivity contribution in [2.75, 3.05) is 6.54 Å². The molecule has 2 bridgehead atoms. The molecule has 208 valence electrons. The van der Waals surface area contributed by atoms with Crippen LogP contribution < -0.4 is 15.4 Å². The Kier molecular flexibility index (Phi) is 7.20. The molecule has 5 rings (SSSR count). The number of nitrogens with one attached hydrogen (secondary N) is 2. The zero-order valence-electron chi connectivity index (χ0n) is 22.8. The van der Waals surface area contributed by atoms with Crippen molar-refractivity contribution in [3.63, 3.8) is 0 Å². The number of fused-ring (bicyclic) bond motifs is 2. The molecule has 0 unspecified atom stereocenters. The Morgan fingerprint density at radius 1 is 1.05 bits per heavy atom. The maximum atomic E-state index is 14.8. The van der Waals surface area contributed by atoms with Gasteiger partial charge in [0.2, 0.25) is 5.91 Å². The quantitative estimate of drug-likeness (QED) is 0.441. The number of carboxylic acid groups (broad SMARTS) is 1. The summed E-state index contributed by atoms with van der Waals surface area (Å²) < 4.78 is 20.8. The van der Waals surface area contributed by atoms with Gasteiger partial charge in [0, 0.05) is 18.2 Å². The van der Waals surface area contributed by atoms with Crippen molar-refractivity contribution < 1.29 is 28.6 Å². The molecule has 1 aromatic carbocycles. The summed E-state index contributed by atoms with van der Waals surface area (Å²) in [5.74, 6) is -1.27. The number of amides is 2.